The number of carbonyl (C=O) groups is 2. The van der Waals surface area contributed by atoms with Gasteiger partial charge in [0.2, 0.25) is 5.88 Å². The molecule has 1 aliphatic heterocycles. The second-order valence-electron chi connectivity index (χ2n) is 9.60. The summed E-state index contributed by atoms with van der Waals surface area (Å²) >= 11 is 0. The van der Waals surface area contributed by atoms with Gasteiger partial charge in [-0.25, -0.2) is 18.6 Å². The Bertz CT molecular complexity index is 1270. The number of rotatable bonds is 4. The zero-order valence-electron chi connectivity index (χ0n) is 20.5. The maximum Gasteiger partial charge on any atom is 0.415 e. The van der Waals surface area contributed by atoms with Gasteiger partial charge in [-0.3, -0.25) is 9.69 Å². The summed E-state index contributed by atoms with van der Waals surface area (Å²) in [7, 11) is 0. The van der Waals surface area contributed by atoms with Gasteiger partial charge in [0.1, 0.15) is 35.2 Å². The molecule has 0 spiro atoms. The number of anilines is 2. The summed E-state index contributed by atoms with van der Waals surface area (Å²) in [6.07, 6.45) is -0.318. The van der Waals surface area contributed by atoms with Crippen LogP contribution in [0.1, 0.15) is 49.3 Å². The zero-order valence-corrected chi connectivity index (χ0v) is 20.5. The number of ether oxygens (including phenoxy) is 2. The summed E-state index contributed by atoms with van der Waals surface area (Å²) < 4.78 is 38.1. The van der Waals surface area contributed by atoms with E-state index in [1.165, 1.54) is 41.3 Å². The van der Waals surface area contributed by atoms with Crippen LogP contribution in [0.3, 0.4) is 0 Å². The molecule has 1 aliphatic rings. The summed E-state index contributed by atoms with van der Waals surface area (Å²) in [5.41, 5.74) is 1.35. The number of pyridine rings is 1. The molecule has 1 aromatic heterocycles. The van der Waals surface area contributed by atoms with Gasteiger partial charge >= 0.3 is 6.09 Å². The Morgan fingerprint density at radius 2 is 1.69 bits per heavy atom. The monoisotopic (exact) mass is 495 g/mol. The van der Waals surface area contributed by atoms with E-state index in [0.29, 0.717) is 16.9 Å². The molecule has 0 radical (unpaired) electrons. The molecule has 2 aromatic carbocycles. The van der Waals surface area contributed by atoms with Crippen molar-refractivity contribution >= 4 is 23.4 Å². The number of carbonyl (C=O) groups excluding carboxylic acids is 2. The maximum absolute atomic E-state index is 13.5. The van der Waals surface area contributed by atoms with Gasteiger partial charge in [-0.05, 0) is 87.7 Å². The molecule has 0 aliphatic carbocycles. The molecule has 1 atom stereocenters. The third-order valence-electron chi connectivity index (χ3n) is 5.42. The topological polar surface area (TPSA) is 80.8 Å². The molecule has 0 unspecified atom stereocenters. The molecular formula is C27H27F2N3O4. The van der Waals surface area contributed by atoms with Crippen LogP contribution in [0.15, 0.2) is 54.6 Å². The fourth-order valence-corrected chi connectivity index (χ4v) is 3.78. The minimum absolute atomic E-state index is 0.0705. The van der Waals surface area contributed by atoms with Crippen LogP contribution in [-0.2, 0) is 11.2 Å². The molecule has 0 bridgehead atoms. The van der Waals surface area contributed by atoms with Crippen molar-refractivity contribution in [3.63, 3.8) is 0 Å². The van der Waals surface area contributed by atoms with Crippen molar-refractivity contribution in [2.75, 3.05) is 16.8 Å². The quantitative estimate of drug-likeness (QED) is 0.500. The van der Waals surface area contributed by atoms with E-state index in [2.05, 4.69) is 10.3 Å². The maximum atomic E-state index is 13.5. The Morgan fingerprint density at radius 3 is 2.31 bits per heavy atom. The van der Waals surface area contributed by atoms with Gasteiger partial charge in [-0.1, -0.05) is 12.1 Å². The van der Waals surface area contributed by atoms with Crippen molar-refractivity contribution in [2.45, 2.75) is 45.8 Å². The summed E-state index contributed by atoms with van der Waals surface area (Å²) in [5.74, 6) is -1.23. The van der Waals surface area contributed by atoms with Crippen LogP contribution < -0.4 is 15.0 Å². The predicted molar refractivity (Wildman–Crippen MR) is 131 cm³/mol. The smallest absolute Gasteiger partial charge is 0.415 e. The molecule has 0 saturated carbocycles. The first kappa shape index (κ1) is 25.1. The molecule has 7 nitrogen and oxygen atoms in total. The van der Waals surface area contributed by atoms with Gasteiger partial charge in [0.25, 0.3) is 5.91 Å². The highest BCUT2D eigenvalue weighted by atomic mass is 19.1. The van der Waals surface area contributed by atoms with Crippen LogP contribution in [0.4, 0.5) is 25.0 Å². The van der Waals surface area contributed by atoms with E-state index in [1.807, 2.05) is 6.92 Å². The van der Waals surface area contributed by atoms with Crippen LogP contribution in [0, 0.1) is 11.6 Å². The Hall–Kier alpha value is -4.01. The standard InChI is InChI=1S/C27H27F2N3O4/c1-16-15-35-25-22(32(16)26(34)36-27(2,3)4)14-18(13-17-5-7-19(28)8-6-17)23(31-25)24(33)30-21-11-9-20(29)10-12-21/h5-12,14,16H,13,15H2,1-4H3,(H,30,33)/t16-/m0/s1. The Labute approximate surface area is 208 Å². The van der Waals surface area contributed by atoms with Crippen molar-refractivity contribution in [3.8, 4) is 5.88 Å². The molecule has 1 N–H and O–H groups in total. The molecule has 9 heteroatoms. The van der Waals surface area contributed by atoms with E-state index in [0.717, 1.165) is 5.56 Å². The lowest BCUT2D eigenvalue weighted by Gasteiger charge is -2.36. The molecule has 3 aromatic rings. The number of nitrogens with one attached hydrogen (secondary N) is 1. The average molecular weight is 496 g/mol. The van der Waals surface area contributed by atoms with Crippen LogP contribution in [0.2, 0.25) is 0 Å². The molecule has 2 heterocycles. The lowest BCUT2D eigenvalue weighted by molar-refractivity contribution is 0.0546. The van der Waals surface area contributed by atoms with Crippen molar-refractivity contribution in [1.82, 2.24) is 4.98 Å². The summed E-state index contributed by atoms with van der Waals surface area (Å²) in [4.78, 5) is 32.2. The van der Waals surface area contributed by atoms with Crippen molar-refractivity contribution in [1.29, 1.82) is 0 Å². The third kappa shape index (κ3) is 5.79. The minimum Gasteiger partial charge on any atom is -0.474 e. The SMILES string of the molecule is C[C@H]1COc2nc(C(=O)Nc3ccc(F)cc3)c(Cc3ccc(F)cc3)cc2N1C(=O)OC(C)(C)C. The molecule has 0 fully saturated rings. The fraction of sp³-hybridized carbons (Fsp3) is 0.296. The third-order valence-corrected chi connectivity index (χ3v) is 5.42. The van der Waals surface area contributed by atoms with Crippen molar-refractivity contribution < 1.29 is 27.8 Å². The van der Waals surface area contributed by atoms with Gasteiger partial charge in [0, 0.05) is 5.69 Å². The van der Waals surface area contributed by atoms with E-state index in [1.54, 1.807) is 39.0 Å². The highest BCUT2D eigenvalue weighted by Crippen LogP contribution is 2.36. The van der Waals surface area contributed by atoms with Gasteiger partial charge in [-0.2, -0.15) is 0 Å². The highest BCUT2D eigenvalue weighted by Gasteiger charge is 2.35. The summed E-state index contributed by atoms with van der Waals surface area (Å²) in [5, 5.41) is 2.71. The van der Waals surface area contributed by atoms with Gasteiger partial charge < -0.3 is 14.8 Å². The van der Waals surface area contributed by atoms with Gasteiger partial charge in [0.15, 0.2) is 0 Å². The van der Waals surface area contributed by atoms with E-state index in [9.17, 15) is 18.4 Å². The number of hydrogen-bond donors (Lipinski definition) is 1. The van der Waals surface area contributed by atoms with Gasteiger partial charge in [-0.15, -0.1) is 0 Å². The number of nitrogens with zero attached hydrogens (tertiary/aromatic N) is 2. The first-order valence-electron chi connectivity index (χ1n) is 11.5. The summed E-state index contributed by atoms with van der Waals surface area (Å²) in [6, 6.07) is 12.6. The molecule has 2 amide bonds. The van der Waals surface area contributed by atoms with Crippen molar-refractivity contribution in [2.24, 2.45) is 0 Å². The number of halogens is 2. The number of fused-ring (bicyclic) bond motifs is 1. The van der Waals surface area contributed by atoms with Crippen LogP contribution in [-0.4, -0.2) is 35.2 Å². The van der Waals surface area contributed by atoms with E-state index in [-0.39, 0.29) is 36.5 Å². The Kier molecular flexibility index (Phi) is 6.92. The van der Waals surface area contributed by atoms with Gasteiger partial charge in [0.05, 0.1) is 6.04 Å². The van der Waals surface area contributed by atoms with Crippen LogP contribution in [0.25, 0.3) is 0 Å². The highest BCUT2D eigenvalue weighted by molar-refractivity contribution is 6.04. The fourth-order valence-electron chi connectivity index (χ4n) is 3.78. The van der Waals surface area contributed by atoms with Crippen LogP contribution in [0.5, 0.6) is 5.88 Å². The molecule has 36 heavy (non-hydrogen) atoms. The molecule has 4 rings (SSSR count). The normalized spacial score (nSPS) is 15.1. The second-order valence-corrected chi connectivity index (χ2v) is 9.60. The molecule has 188 valence electrons. The Morgan fingerprint density at radius 1 is 1.08 bits per heavy atom. The number of hydrogen-bond acceptors (Lipinski definition) is 5. The predicted octanol–water partition coefficient (Wildman–Crippen LogP) is 5.73. The Balaban J connectivity index is 1.76. The summed E-state index contributed by atoms with van der Waals surface area (Å²) in [6.45, 7) is 7.31. The zero-order chi connectivity index (χ0) is 26.0. The number of benzene rings is 2. The number of amides is 2. The molecule has 0 saturated heterocycles. The average Bonchev–Trinajstić information content (AvgIpc) is 2.80. The first-order chi connectivity index (χ1) is 17.0. The second kappa shape index (κ2) is 9.93. The lowest BCUT2D eigenvalue weighted by atomic mass is 10.0. The molecular weight excluding hydrogens is 468 g/mol. The van der Waals surface area contributed by atoms with E-state index >= 15 is 0 Å². The first-order valence-corrected chi connectivity index (χ1v) is 11.5. The van der Waals surface area contributed by atoms with Crippen molar-refractivity contribution in [3.05, 3.63) is 83.1 Å². The van der Waals surface area contributed by atoms with Crippen LogP contribution >= 0.6 is 0 Å². The van der Waals surface area contributed by atoms with E-state index in [4.69, 9.17) is 9.47 Å². The number of aromatic nitrogens is 1. The lowest BCUT2D eigenvalue weighted by Crippen LogP contribution is -2.47. The largest absolute Gasteiger partial charge is 0.474 e. The minimum atomic E-state index is -0.714. The van der Waals surface area contributed by atoms with E-state index < -0.39 is 23.4 Å².